The molecule has 1 aromatic carbocycles. The van der Waals surface area contributed by atoms with Gasteiger partial charge in [-0.1, -0.05) is 26.0 Å². The van der Waals surface area contributed by atoms with Crippen LogP contribution in [0, 0.1) is 19.8 Å². The number of nitrogens with one attached hydrogen (secondary N) is 1. The van der Waals surface area contributed by atoms with Crippen molar-refractivity contribution >= 4 is 11.9 Å². The van der Waals surface area contributed by atoms with Crippen molar-refractivity contribution in [3.8, 4) is 16.9 Å². The number of aliphatic carboxylic acids is 1. The SMILES string of the molecule is COc1cccc(C)c1-c1cncc(C(CC(=O)O)NC(=O)C(CC(C)C)n2ccc(C)cc2=O)c1. The molecule has 3 aromatic rings. The van der Waals surface area contributed by atoms with Gasteiger partial charge in [0.05, 0.1) is 19.6 Å². The minimum atomic E-state index is -1.06. The summed E-state index contributed by atoms with van der Waals surface area (Å²) in [5, 5.41) is 12.5. The number of aromatic nitrogens is 2. The minimum absolute atomic E-state index is 0.130. The van der Waals surface area contributed by atoms with Crippen LogP contribution in [0.5, 0.6) is 5.75 Å². The molecule has 0 radical (unpaired) electrons. The van der Waals surface area contributed by atoms with Crippen molar-refractivity contribution in [1.29, 1.82) is 0 Å². The summed E-state index contributed by atoms with van der Waals surface area (Å²) in [6.45, 7) is 7.71. The number of pyridine rings is 2. The standard InChI is InChI=1S/C28H33N3O5/c1-17(2)11-23(31-10-9-18(3)12-25(31)32)28(35)30-22(14-26(33)34)20-13-21(16-29-15-20)27-19(4)7-6-8-24(27)36-5/h6-10,12-13,15-17,22-23H,11,14H2,1-5H3,(H,30,35)(H,33,34). The van der Waals surface area contributed by atoms with Gasteiger partial charge in [0.2, 0.25) is 5.91 Å². The Balaban J connectivity index is 2.00. The zero-order valence-electron chi connectivity index (χ0n) is 21.3. The molecule has 2 aromatic heterocycles. The van der Waals surface area contributed by atoms with Crippen molar-refractivity contribution < 1.29 is 19.4 Å². The first-order valence-electron chi connectivity index (χ1n) is 11.9. The largest absolute Gasteiger partial charge is 0.496 e. The Morgan fingerprint density at radius 2 is 1.89 bits per heavy atom. The second-order valence-corrected chi connectivity index (χ2v) is 9.41. The van der Waals surface area contributed by atoms with Crippen LogP contribution in [-0.2, 0) is 9.59 Å². The van der Waals surface area contributed by atoms with E-state index in [0.717, 1.165) is 22.3 Å². The number of nitrogens with zero attached hydrogens (tertiary/aromatic N) is 2. The summed E-state index contributed by atoms with van der Waals surface area (Å²) in [6, 6.07) is 9.16. The Morgan fingerprint density at radius 1 is 1.14 bits per heavy atom. The van der Waals surface area contributed by atoms with Crippen LogP contribution >= 0.6 is 0 Å². The van der Waals surface area contributed by atoms with Gasteiger partial charge in [0.25, 0.3) is 5.56 Å². The number of carboxylic acid groups (broad SMARTS) is 1. The topological polar surface area (TPSA) is 111 Å². The number of aryl methyl sites for hydroxylation is 2. The number of methoxy groups -OCH3 is 1. The molecule has 0 spiro atoms. The van der Waals surface area contributed by atoms with Crippen molar-refractivity contribution in [3.63, 3.8) is 0 Å². The third kappa shape index (κ3) is 6.38. The van der Waals surface area contributed by atoms with Gasteiger partial charge in [0, 0.05) is 35.8 Å². The lowest BCUT2D eigenvalue weighted by Crippen LogP contribution is -2.40. The number of carboxylic acids is 1. The highest BCUT2D eigenvalue weighted by molar-refractivity contribution is 5.82. The van der Waals surface area contributed by atoms with Crippen molar-refractivity contribution in [2.45, 2.75) is 52.6 Å². The minimum Gasteiger partial charge on any atom is -0.496 e. The average molecular weight is 492 g/mol. The van der Waals surface area contributed by atoms with Gasteiger partial charge in [-0.05, 0) is 61.1 Å². The Hall–Kier alpha value is -3.94. The molecule has 8 heteroatoms. The van der Waals surface area contributed by atoms with Gasteiger partial charge in [0.1, 0.15) is 11.8 Å². The Bertz CT molecular complexity index is 1300. The fraction of sp³-hybridized carbons (Fsp3) is 0.357. The molecule has 1 amide bonds. The normalized spacial score (nSPS) is 12.7. The summed E-state index contributed by atoms with van der Waals surface area (Å²) < 4.78 is 6.93. The number of carbonyl (C=O) groups is 2. The first-order valence-corrected chi connectivity index (χ1v) is 11.9. The molecule has 190 valence electrons. The van der Waals surface area contributed by atoms with Crippen LogP contribution in [0.3, 0.4) is 0 Å². The summed E-state index contributed by atoms with van der Waals surface area (Å²) in [4.78, 5) is 42.2. The van der Waals surface area contributed by atoms with Crippen LogP contribution in [0.25, 0.3) is 11.1 Å². The predicted molar refractivity (Wildman–Crippen MR) is 138 cm³/mol. The second kappa shape index (κ2) is 11.7. The van der Waals surface area contributed by atoms with Crippen LogP contribution in [-0.4, -0.2) is 33.6 Å². The summed E-state index contributed by atoms with van der Waals surface area (Å²) >= 11 is 0. The van der Waals surface area contributed by atoms with E-state index in [9.17, 15) is 19.5 Å². The van der Waals surface area contributed by atoms with E-state index in [0.29, 0.717) is 17.7 Å². The maximum absolute atomic E-state index is 13.5. The number of hydrogen-bond acceptors (Lipinski definition) is 5. The zero-order valence-corrected chi connectivity index (χ0v) is 21.3. The van der Waals surface area contributed by atoms with Gasteiger partial charge in [0.15, 0.2) is 0 Å². The molecular weight excluding hydrogens is 458 g/mol. The summed E-state index contributed by atoms with van der Waals surface area (Å²) in [5.41, 5.74) is 3.65. The third-order valence-electron chi connectivity index (χ3n) is 6.04. The summed E-state index contributed by atoms with van der Waals surface area (Å²) in [6.07, 6.45) is 4.94. The maximum atomic E-state index is 13.5. The van der Waals surface area contributed by atoms with E-state index in [1.807, 2.05) is 52.0 Å². The molecule has 0 aliphatic rings. The van der Waals surface area contributed by atoms with E-state index in [2.05, 4.69) is 10.3 Å². The molecule has 0 fully saturated rings. The van der Waals surface area contributed by atoms with Crippen molar-refractivity contribution in [3.05, 3.63) is 82.0 Å². The van der Waals surface area contributed by atoms with Gasteiger partial charge in [-0.15, -0.1) is 0 Å². The first kappa shape index (κ1) is 26.7. The molecule has 36 heavy (non-hydrogen) atoms. The fourth-order valence-corrected chi connectivity index (χ4v) is 4.30. The third-order valence-corrected chi connectivity index (χ3v) is 6.04. The number of amides is 1. The summed E-state index contributed by atoms with van der Waals surface area (Å²) in [7, 11) is 1.59. The monoisotopic (exact) mass is 491 g/mol. The Morgan fingerprint density at radius 3 is 2.53 bits per heavy atom. The highest BCUT2D eigenvalue weighted by Gasteiger charge is 2.27. The molecule has 0 saturated heterocycles. The lowest BCUT2D eigenvalue weighted by atomic mass is 9.96. The van der Waals surface area contributed by atoms with Crippen molar-refractivity contribution in [1.82, 2.24) is 14.9 Å². The van der Waals surface area contributed by atoms with Gasteiger partial charge in [-0.2, -0.15) is 0 Å². The van der Waals surface area contributed by atoms with Gasteiger partial charge >= 0.3 is 5.97 Å². The van der Waals surface area contributed by atoms with Crippen LogP contribution in [0.2, 0.25) is 0 Å². The smallest absolute Gasteiger partial charge is 0.305 e. The van der Waals surface area contributed by atoms with E-state index in [1.165, 1.54) is 10.6 Å². The van der Waals surface area contributed by atoms with Crippen molar-refractivity contribution in [2.24, 2.45) is 5.92 Å². The van der Waals surface area contributed by atoms with Gasteiger partial charge in [-0.3, -0.25) is 19.4 Å². The molecule has 0 aliphatic carbocycles. The van der Waals surface area contributed by atoms with E-state index in [-0.39, 0.29) is 17.9 Å². The molecular formula is C28H33N3O5. The van der Waals surface area contributed by atoms with Crippen LogP contribution in [0.4, 0.5) is 0 Å². The zero-order chi connectivity index (χ0) is 26.4. The van der Waals surface area contributed by atoms with E-state index in [4.69, 9.17) is 4.74 Å². The predicted octanol–water partition coefficient (Wildman–Crippen LogP) is 4.46. The molecule has 2 atom stereocenters. The number of hydrogen-bond donors (Lipinski definition) is 2. The molecule has 0 saturated carbocycles. The average Bonchev–Trinajstić information content (AvgIpc) is 2.82. The fourth-order valence-electron chi connectivity index (χ4n) is 4.30. The van der Waals surface area contributed by atoms with Gasteiger partial charge in [-0.25, -0.2) is 0 Å². The highest BCUT2D eigenvalue weighted by atomic mass is 16.5. The van der Waals surface area contributed by atoms with Crippen LogP contribution < -0.4 is 15.6 Å². The lowest BCUT2D eigenvalue weighted by Gasteiger charge is -2.25. The van der Waals surface area contributed by atoms with Crippen LogP contribution in [0.1, 0.15) is 55.5 Å². The molecule has 2 unspecified atom stereocenters. The molecule has 0 bridgehead atoms. The Kier molecular flexibility index (Phi) is 8.64. The van der Waals surface area contributed by atoms with E-state index < -0.39 is 24.0 Å². The number of ether oxygens (including phenoxy) is 1. The molecule has 2 N–H and O–H groups in total. The molecule has 2 heterocycles. The number of carbonyl (C=O) groups excluding carboxylic acids is 1. The molecule has 8 nitrogen and oxygen atoms in total. The highest BCUT2D eigenvalue weighted by Crippen LogP contribution is 2.34. The van der Waals surface area contributed by atoms with E-state index >= 15 is 0 Å². The summed E-state index contributed by atoms with van der Waals surface area (Å²) in [5.74, 6) is -0.680. The first-order chi connectivity index (χ1) is 17.1. The maximum Gasteiger partial charge on any atom is 0.305 e. The second-order valence-electron chi connectivity index (χ2n) is 9.41. The quantitative estimate of drug-likeness (QED) is 0.433. The van der Waals surface area contributed by atoms with Crippen LogP contribution in [0.15, 0.2) is 59.8 Å². The van der Waals surface area contributed by atoms with Gasteiger partial charge < -0.3 is 19.7 Å². The van der Waals surface area contributed by atoms with E-state index in [1.54, 1.807) is 31.8 Å². The lowest BCUT2D eigenvalue weighted by molar-refractivity contribution is -0.138. The Labute approximate surface area is 211 Å². The number of benzene rings is 1. The number of rotatable bonds is 10. The molecule has 3 rings (SSSR count). The van der Waals surface area contributed by atoms with Crippen molar-refractivity contribution in [2.75, 3.05) is 7.11 Å². The molecule has 0 aliphatic heterocycles.